The minimum absolute atomic E-state index is 0.203. The number of hydrogen-bond acceptors (Lipinski definition) is 5. The van der Waals surface area contributed by atoms with Gasteiger partial charge in [-0.15, -0.1) is 0 Å². The minimum atomic E-state index is 0.203. The van der Waals surface area contributed by atoms with Gasteiger partial charge in [0.15, 0.2) is 5.15 Å². The lowest BCUT2D eigenvalue weighted by Crippen LogP contribution is -2.35. The van der Waals surface area contributed by atoms with E-state index in [1.54, 1.807) is 0 Å². The Morgan fingerprint density at radius 1 is 1.50 bits per heavy atom. The van der Waals surface area contributed by atoms with Crippen LogP contribution in [0.5, 0.6) is 0 Å². The maximum absolute atomic E-state index is 8.69. The second-order valence-corrected chi connectivity index (χ2v) is 4.04. The lowest BCUT2D eigenvalue weighted by Gasteiger charge is -2.23. The molecule has 2 N–H and O–H groups in total. The number of nitriles is 1. The van der Waals surface area contributed by atoms with Crippen molar-refractivity contribution in [1.29, 1.82) is 5.26 Å². The number of anilines is 1. The molecule has 84 valence electrons. The van der Waals surface area contributed by atoms with Gasteiger partial charge in [0.05, 0.1) is 6.20 Å². The highest BCUT2D eigenvalue weighted by Crippen LogP contribution is 2.15. The first-order chi connectivity index (χ1) is 7.79. The van der Waals surface area contributed by atoms with E-state index in [1.807, 2.05) is 6.07 Å². The van der Waals surface area contributed by atoms with Crippen LogP contribution in [0.15, 0.2) is 6.20 Å². The average Bonchev–Trinajstić information content (AvgIpc) is 2.31. The summed E-state index contributed by atoms with van der Waals surface area (Å²) in [6, 6.07) is 2.31. The Morgan fingerprint density at radius 3 is 2.88 bits per heavy atom. The molecule has 0 saturated carbocycles. The highest BCUT2D eigenvalue weighted by atomic mass is 35.5. The summed E-state index contributed by atoms with van der Waals surface area (Å²) in [6.07, 6.45) is 3.53. The van der Waals surface area contributed by atoms with E-state index in [1.165, 1.54) is 6.20 Å². The van der Waals surface area contributed by atoms with Crippen LogP contribution in [0.4, 0.5) is 5.95 Å². The summed E-state index contributed by atoms with van der Waals surface area (Å²) in [5.74, 6) is 0.496. The van der Waals surface area contributed by atoms with Crippen molar-refractivity contribution < 1.29 is 0 Å². The van der Waals surface area contributed by atoms with Gasteiger partial charge in [-0.3, -0.25) is 0 Å². The Balaban J connectivity index is 2.04. The fraction of sp³-hybridized carbons (Fsp3) is 0.500. The van der Waals surface area contributed by atoms with Gasteiger partial charge in [0.1, 0.15) is 11.6 Å². The van der Waals surface area contributed by atoms with Gasteiger partial charge in [-0.2, -0.15) is 10.2 Å². The molecule has 1 aliphatic heterocycles. The van der Waals surface area contributed by atoms with Crippen molar-refractivity contribution >= 4 is 17.5 Å². The van der Waals surface area contributed by atoms with E-state index in [0.717, 1.165) is 25.9 Å². The average molecular weight is 238 g/mol. The van der Waals surface area contributed by atoms with E-state index in [4.69, 9.17) is 16.9 Å². The van der Waals surface area contributed by atoms with Crippen LogP contribution in [0.25, 0.3) is 0 Å². The van der Waals surface area contributed by atoms with Crippen LogP contribution in [0.3, 0.4) is 0 Å². The number of nitrogens with one attached hydrogen (secondary N) is 2. The monoisotopic (exact) mass is 237 g/mol. The molecular weight excluding hydrogens is 226 g/mol. The van der Waals surface area contributed by atoms with Crippen LogP contribution in [-0.4, -0.2) is 29.1 Å². The minimum Gasteiger partial charge on any atom is -0.351 e. The van der Waals surface area contributed by atoms with Crippen LogP contribution < -0.4 is 10.6 Å². The Hall–Kier alpha value is -1.38. The van der Waals surface area contributed by atoms with Gasteiger partial charge < -0.3 is 10.6 Å². The normalized spacial score (nSPS) is 16.8. The van der Waals surface area contributed by atoms with Crippen LogP contribution in [0, 0.1) is 11.3 Å². The highest BCUT2D eigenvalue weighted by molar-refractivity contribution is 6.30. The Kier molecular flexibility index (Phi) is 3.54. The van der Waals surface area contributed by atoms with Crippen molar-refractivity contribution in [3.05, 3.63) is 16.9 Å². The van der Waals surface area contributed by atoms with Gasteiger partial charge >= 0.3 is 0 Å². The zero-order valence-electron chi connectivity index (χ0n) is 8.70. The summed E-state index contributed by atoms with van der Waals surface area (Å²) in [5, 5.41) is 15.4. The molecule has 0 bridgehead atoms. The third kappa shape index (κ3) is 2.60. The molecule has 2 rings (SSSR count). The van der Waals surface area contributed by atoms with Gasteiger partial charge in [-0.25, -0.2) is 4.98 Å². The van der Waals surface area contributed by atoms with Gasteiger partial charge in [-0.1, -0.05) is 11.6 Å². The number of aromatic nitrogens is 2. The number of halogens is 1. The second-order valence-electron chi connectivity index (χ2n) is 3.68. The van der Waals surface area contributed by atoms with Crippen molar-refractivity contribution in [1.82, 2.24) is 15.3 Å². The third-order valence-electron chi connectivity index (χ3n) is 2.54. The molecule has 0 spiro atoms. The molecule has 1 aliphatic rings. The van der Waals surface area contributed by atoms with E-state index in [9.17, 15) is 0 Å². The van der Waals surface area contributed by atoms with E-state index in [0.29, 0.717) is 17.6 Å². The molecule has 0 aromatic carbocycles. The molecule has 0 unspecified atom stereocenters. The smallest absolute Gasteiger partial charge is 0.224 e. The topological polar surface area (TPSA) is 73.6 Å². The quantitative estimate of drug-likeness (QED) is 0.756. The number of piperidine rings is 1. The molecule has 1 fully saturated rings. The first kappa shape index (κ1) is 11.1. The van der Waals surface area contributed by atoms with Crippen molar-refractivity contribution in [2.75, 3.05) is 18.4 Å². The molecule has 0 atom stereocenters. The largest absolute Gasteiger partial charge is 0.351 e. The predicted octanol–water partition coefficient (Wildman–Crippen LogP) is 1.17. The van der Waals surface area contributed by atoms with E-state index in [2.05, 4.69) is 20.6 Å². The van der Waals surface area contributed by atoms with Gasteiger partial charge in [0.25, 0.3) is 0 Å². The molecule has 0 radical (unpaired) electrons. The maximum Gasteiger partial charge on any atom is 0.224 e. The summed E-state index contributed by atoms with van der Waals surface area (Å²) >= 11 is 5.82. The van der Waals surface area contributed by atoms with E-state index < -0.39 is 0 Å². The van der Waals surface area contributed by atoms with Crippen LogP contribution in [-0.2, 0) is 0 Å². The molecule has 1 aromatic rings. The molecule has 0 amide bonds. The number of nitrogens with zero attached hydrogens (tertiary/aromatic N) is 3. The van der Waals surface area contributed by atoms with Crippen LogP contribution in [0.1, 0.15) is 18.4 Å². The fourth-order valence-corrected chi connectivity index (χ4v) is 1.83. The van der Waals surface area contributed by atoms with Gasteiger partial charge in [0.2, 0.25) is 5.95 Å². The van der Waals surface area contributed by atoms with Gasteiger partial charge in [-0.05, 0) is 25.9 Å². The Bertz CT molecular complexity index is 408. The highest BCUT2D eigenvalue weighted by Gasteiger charge is 2.14. The number of hydrogen-bond donors (Lipinski definition) is 2. The molecule has 2 heterocycles. The molecule has 6 heteroatoms. The van der Waals surface area contributed by atoms with E-state index >= 15 is 0 Å². The number of rotatable bonds is 2. The Labute approximate surface area is 98.9 Å². The van der Waals surface area contributed by atoms with Crippen molar-refractivity contribution in [3.63, 3.8) is 0 Å². The SMILES string of the molecule is N#Cc1cnc(NC2CCNCC2)nc1Cl. The summed E-state index contributed by atoms with van der Waals surface area (Å²) in [6.45, 7) is 2.00. The van der Waals surface area contributed by atoms with Crippen LogP contribution >= 0.6 is 11.6 Å². The molecule has 5 nitrogen and oxygen atoms in total. The standard InChI is InChI=1S/C10H12ClN5/c11-9-7(5-12)6-14-10(16-9)15-8-1-3-13-4-2-8/h6,8,13H,1-4H2,(H,14,15,16). The van der Waals surface area contributed by atoms with Crippen molar-refractivity contribution in [2.24, 2.45) is 0 Å². The molecule has 0 aliphatic carbocycles. The molecular formula is C10H12ClN5. The second kappa shape index (κ2) is 5.10. The van der Waals surface area contributed by atoms with E-state index in [-0.39, 0.29) is 5.15 Å². The fourth-order valence-electron chi connectivity index (χ4n) is 1.65. The van der Waals surface area contributed by atoms with Crippen molar-refractivity contribution in [2.45, 2.75) is 18.9 Å². The first-order valence-corrected chi connectivity index (χ1v) is 5.57. The zero-order valence-corrected chi connectivity index (χ0v) is 9.46. The van der Waals surface area contributed by atoms with Crippen molar-refractivity contribution in [3.8, 4) is 6.07 Å². The molecule has 1 saturated heterocycles. The summed E-state index contributed by atoms with van der Waals surface area (Å²) in [5.41, 5.74) is 0.303. The summed E-state index contributed by atoms with van der Waals surface area (Å²) in [7, 11) is 0. The van der Waals surface area contributed by atoms with Crippen LogP contribution in [0.2, 0.25) is 5.15 Å². The Morgan fingerprint density at radius 2 is 2.25 bits per heavy atom. The molecule has 1 aromatic heterocycles. The predicted molar refractivity (Wildman–Crippen MR) is 61.3 cm³/mol. The lowest BCUT2D eigenvalue weighted by molar-refractivity contribution is 0.477. The zero-order chi connectivity index (χ0) is 11.4. The first-order valence-electron chi connectivity index (χ1n) is 5.19. The third-order valence-corrected chi connectivity index (χ3v) is 2.82. The maximum atomic E-state index is 8.69. The lowest BCUT2D eigenvalue weighted by atomic mass is 10.1. The summed E-state index contributed by atoms with van der Waals surface area (Å²) < 4.78 is 0. The van der Waals surface area contributed by atoms with Gasteiger partial charge in [0, 0.05) is 6.04 Å². The molecule has 16 heavy (non-hydrogen) atoms. The summed E-state index contributed by atoms with van der Waals surface area (Å²) in [4.78, 5) is 8.09.